The summed E-state index contributed by atoms with van der Waals surface area (Å²) < 4.78 is 7.08. The minimum Gasteiger partial charge on any atom is -0.497 e. The fourth-order valence-electron chi connectivity index (χ4n) is 3.66. The summed E-state index contributed by atoms with van der Waals surface area (Å²) in [5.41, 5.74) is 2.43. The maximum absolute atomic E-state index is 13.0. The average Bonchev–Trinajstić information content (AvgIpc) is 3.38. The standard InChI is InChI=1S/C21H24N4O2/c1-27-17-9-7-16(8-10-17)18(15-24-12-2-3-13-24)23-21(26)19-5-4-6-20-22-11-14-25(19)20/h4-11,14,18H,2-3,12-13,15H2,1H3,(H,23,26). The molecule has 1 aromatic carbocycles. The maximum Gasteiger partial charge on any atom is 0.268 e. The highest BCUT2D eigenvalue weighted by molar-refractivity contribution is 5.93. The molecule has 1 fully saturated rings. The number of carbonyl (C=O) groups excluding carboxylic acids is 1. The highest BCUT2D eigenvalue weighted by atomic mass is 16.5. The molecule has 1 aliphatic heterocycles. The maximum atomic E-state index is 13.0. The smallest absolute Gasteiger partial charge is 0.268 e. The first-order valence-corrected chi connectivity index (χ1v) is 9.34. The predicted molar refractivity (Wildman–Crippen MR) is 104 cm³/mol. The van der Waals surface area contributed by atoms with Crippen molar-refractivity contribution in [3.05, 3.63) is 66.1 Å². The zero-order valence-corrected chi connectivity index (χ0v) is 15.5. The Kier molecular flexibility index (Phi) is 5.07. The number of nitrogens with one attached hydrogen (secondary N) is 1. The number of benzene rings is 1. The van der Waals surface area contributed by atoms with Gasteiger partial charge >= 0.3 is 0 Å². The van der Waals surface area contributed by atoms with E-state index in [-0.39, 0.29) is 11.9 Å². The molecule has 1 unspecified atom stereocenters. The van der Waals surface area contributed by atoms with Gasteiger partial charge in [0.25, 0.3) is 5.91 Å². The number of pyridine rings is 1. The molecule has 2 aromatic heterocycles. The molecule has 0 radical (unpaired) electrons. The van der Waals surface area contributed by atoms with E-state index in [1.165, 1.54) is 12.8 Å². The molecule has 1 atom stereocenters. The molecule has 0 spiro atoms. The molecule has 1 amide bonds. The van der Waals surface area contributed by atoms with Crippen molar-refractivity contribution in [2.24, 2.45) is 0 Å². The first kappa shape index (κ1) is 17.5. The number of hydrogen-bond donors (Lipinski definition) is 1. The van der Waals surface area contributed by atoms with Gasteiger partial charge in [-0.3, -0.25) is 9.20 Å². The van der Waals surface area contributed by atoms with Crippen LogP contribution in [0, 0.1) is 0 Å². The second-order valence-corrected chi connectivity index (χ2v) is 6.87. The van der Waals surface area contributed by atoms with Crippen molar-refractivity contribution in [3.63, 3.8) is 0 Å². The van der Waals surface area contributed by atoms with E-state index in [1.807, 2.05) is 53.1 Å². The minimum atomic E-state index is -0.0985. The molecule has 3 aromatic rings. The van der Waals surface area contributed by atoms with Crippen molar-refractivity contribution in [2.45, 2.75) is 18.9 Å². The van der Waals surface area contributed by atoms with Crippen LogP contribution in [0.3, 0.4) is 0 Å². The van der Waals surface area contributed by atoms with Crippen LogP contribution in [0.1, 0.15) is 34.9 Å². The topological polar surface area (TPSA) is 58.9 Å². The number of amides is 1. The number of ether oxygens (including phenoxy) is 1. The number of fused-ring (bicyclic) bond motifs is 1. The van der Waals surface area contributed by atoms with Gasteiger partial charge in [-0.1, -0.05) is 18.2 Å². The van der Waals surface area contributed by atoms with E-state index in [9.17, 15) is 4.79 Å². The third-order valence-electron chi connectivity index (χ3n) is 5.12. The zero-order valence-electron chi connectivity index (χ0n) is 15.5. The van der Waals surface area contributed by atoms with Crippen LogP contribution in [0.4, 0.5) is 0 Å². The predicted octanol–water partition coefficient (Wildman–Crippen LogP) is 2.91. The lowest BCUT2D eigenvalue weighted by Gasteiger charge is -2.25. The number of carbonyl (C=O) groups is 1. The molecule has 140 valence electrons. The van der Waals surface area contributed by atoms with E-state index < -0.39 is 0 Å². The molecule has 6 nitrogen and oxygen atoms in total. The quantitative estimate of drug-likeness (QED) is 0.731. The number of nitrogens with zero attached hydrogens (tertiary/aromatic N) is 3. The molecular weight excluding hydrogens is 340 g/mol. The van der Waals surface area contributed by atoms with Gasteiger partial charge in [0.2, 0.25) is 0 Å². The number of rotatable bonds is 6. The van der Waals surface area contributed by atoms with Crippen LogP contribution in [0.2, 0.25) is 0 Å². The van der Waals surface area contributed by atoms with Crippen LogP contribution < -0.4 is 10.1 Å². The summed E-state index contributed by atoms with van der Waals surface area (Å²) in [6, 6.07) is 13.4. The summed E-state index contributed by atoms with van der Waals surface area (Å²) in [6.07, 6.45) is 5.96. The van der Waals surface area contributed by atoms with Crippen molar-refractivity contribution in [1.29, 1.82) is 0 Å². The van der Waals surface area contributed by atoms with Crippen LogP contribution in [0.25, 0.3) is 5.65 Å². The first-order valence-electron chi connectivity index (χ1n) is 9.34. The summed E-state index contributed by atoms with van der Waals surface area (Å²) in [7, 11) is 1.66. The van der Waals surface area contributed by atoms with Gasteiger partial charge in [-0.05, 0) is 55.8 Å². The summed E-state index contributed by atoms with van der Waals surface area (Å²) in [5, 5.41) is 3.23. The van der Waals surface area contributed by atoms with Gasteiger partial charge in [-0.15, -0.1) is 0 Å². The van der Waals surface area contributed by atoms with E-state index in [2.05, 4.69) is 15.2 Å². The second kappa shape index (κ2) is 7.80. The molecular formula is C21H24N4O2. The molecule has 0 aliphatic carbocycles. The summed E-state index contributed by atoms with van der Waals surface area (Å²) in [4.78, 5) is 19.7. The van der Waals surface area contributed by atoms with Gasteiger partial charge in [0.05, 0.1) is 13.2 Å². The largest absolute Gasteiger partial charge is 0.497 e. The highest BCUT2D eigenvalue weighted by Gasteiger charge is 2.22. The highest BCUT2D eigenvalue weighted by Crippen LogP contribution is 2.21. The fraction of sp³-hybridized carbons (Fsp3) is 0.333. The van der Waals surface area contributed by atoms with E-state index in [4.69, 9.17) is 4.74 Å². The summed E-state index contributed by atoms with van der Waals surface area (Å²) >= 11 is 0. The Bertz CT molecular complexity index is 913. The molecule has 3 heterocycles. The lowest BCUT2D eigenvalue weighted by Crippen LogP contribution is -2.37. The lowest BCUT2D eigenvalue weighted by molar-refractivity contribution is 0.0921. The average molecular weight is 364 g/mol. The van der Waals surface area contributed by atoms with Crippen molar-refractivity contribution < 1.29 is 9.53 Å². The van der Waals surface area contributed by atoms with Gasteiger partial charge in [0.1, 0.15) is 17.1 Å². The number of aromatic nitrogens is 2. The Morgan fingerprint density at radius 1 is 1.19 bits per heavy atom. The third-order valence-corrected chi connectivity index (χ3v) is 5.12. The van der Waals surface area contributed by atoms with Crippen molar-refractivity contribution >= 4 is 11.6 Å². The van der Waals surface area contributed by atoms with E-state index in [0.29, 0.717) is 5.69 Å². The third kappa shape index (κ3) is 3.80. The van der Waals surface area contributed by atoms with Crippen LogP contribution in [0.15, 0.2) is 54.9 Å². The molecule has 1 aliphatic rings. The van der Waals surface area contributed by atoms with Crippen LogP contribution in [0.5, 0.6) is 5.75 Å². The molecule has 6 heteroatoms. The lowest BCUT2D eigenvalue weighted by atomic mass is 10.1. The molecule has 27 heavy (non-hydrogen) atoms. The fourth-order valence-corrected chi connectivity index (χ4v) is 3.66. The second-order valence-electron chi connectivity index (χ2n) is 6.87. The molecule has 1 N–H and O–H groups in total. The Hall–Kier alpha value is -2.86. The Balaban J connectivity index is 1.59. The Labute approximate surface area is 158 Å². The van der Waals surface area contributed by atoms with Crippen molar-refractivity contribution in [1.82, 2.24) is 19.6 Å². The van der Waals surface area contributed by atoms with Crippen molar-refractivity contribution in [3.8, 4) is 5.75 Å². The van der Waals surface area contributed by atoms with E-state index >= 15 is 0 Å². The summed E-state index contributed by atoms with van der Waals surface area (Å²) in [5.74, 6) is 0.715. The zero-order chi connectivity index (χ0) is 18.6. The van der Waals surface area contributed by atoms with Gasteiger partial charge < -0.3 is 15.0 Å². The number of imidazole rings is 1. The molecule has 0 saturated carbocycles. The first-order chi connectivity index (χ1) is 13.2. The van der Waals surface area contributed by atoms with E-state index in [1.54, 1.807) is 13.3 Å². The summed E-state index contributed by atoms with van der Waals surface area (Å²) in [6.45, 7) is 2.97. The monoisotopic (exact) mass is 364 g/mol. The van der Waals surface area contributed by atoms with Gasteiger partial charge in [-0.25, -0.2) is 4.98 Å². The van der Waals surface area contributed by atoms with Crippen molar-refractivity contribution in [2.75, 3.05) is 26.7 Å². The van der Waals surface area contributed by atoms with E-state index in [0.717, 1.165) is 36.6 Å². The normalized spacial score (nSPS) is 15.7. The Morgan fingerprint density at radius 2 is 1.96 bits per heavy atom. The van der Waals surface area contributed by atoms with Crippen LogP contribution in [-0.4, -0.2) is 46.9 Å². The number of likely N-dealkylation sites (tertiary alicyclic amines) is 1. The Morgan fingerprint density at radius 3 is 2.70 bits per heavy atom. The van der Waals surface area contributed by atoms with Gasteiger partial charge in [0, 0.05) is 18.9 Å². The molecule has 0 bridgehead atoms. The number of methoxy groups -OCH3 is 1. The molecule has 1 saturated heterocycles. The number of hydrogen-bond acceptors (Lipinski definition) is 4. The van der Waals surface area contributed by atoms with Gasteiger partial charge in [-0.2, -0.15) is 0 Å². The minimum absolute atomic E-state index is 0.0831. The SMILES string of the molecule is COc1ccc(C(CN2CCCC2)NC(=O)c2cccc3nccn23)cc1. The van der Waals surface area contributed by atoms with Gasteiger partial charge in [0.15, 0.2) is 0 Å². The van der Waals surface area contributed by atoms with Crippen LogP contribution >= 0.6 is 0 Å². The van der Waals surface area contributed by atoms with Crippen LogP contribution in [-0.2, 0) is 0 Å². The molecule has 4 rings (SSSR count).